The van der Waals surface area contributed by atoms with Crippen molar-refractivity contribution in [2.24, 2.45) is 0 Å². The predicted molar refractivity (Wildman–Crippen MR) is 48.1 cm³/mol. The second kappa shape index (κ2) is 3.18. The minimum absolute atomic E-state index is 0.211. The summed E-state index contributed by atoms with van der Waals surface area (Å²) in [5.74, 6) is -1.21. The fourth-order valence-electron chi connectivity index (χ4n) is 1.39. The van der Waals surface area contributed by atoms with Gasteiger partial charge in [0.25, 0.3) is 0 Å². The first-order valence-electron chi connectivity index (χ1n) is 4.00. The van der Waals surface area contributed by atoms with Crippen LogP contribution in [0.5, 0.6) is 5.75 Å². The van der Waals surface area contributed by atoms with Gasteiger partial charge in [-0.1, -0.05) is 0 Å². The predicted octanol–water partition coefficient (Wildman–Crippen LogP) is 2.55. The molecule has 0 spiro atoms. The quantitative estimate of drug-likeness (QED) is 0.636. The molecular weight excluding hydrogens is 194 g/mol. The van der Waals surface area contributed by atoms with E-state index in [1.807, 2.05) is 0 Å². The molecule has 0 aliphatic carbocycles. The van der Waals surface area contributed by atoms with E-state index in [2.05, 4.69) is 12.6 Å². The zero-order chi connectivity index (χ0) is 9.42. The van der Waals surface area contributed by atoms with E-state index in [0.717, 1.165) is 6.07 Å². The summed E-state index contributed by atoms with van der Waals surface area (Å²) < 4.78 is 31.1. The summed E-state index contributed by atoms with van der Waals surface area (Å²) >= 11 is 4.11. The highest BCUT2D eigenvalue weighted by Crippen LogP contribution is 2.31. The van der Waals surface area contributed by atoms with Gasteiger partial charge in [0, 0.05) is 5.56 Å². The van der Waals surface area contributed by atoms with Crippen LogP contribution in [0.15, 0.2) is 12.1 Å². The van der Waals surface area contributed by atoms with Crippen LogP contribution >= 0.6 is 12.6 Å². The molecular formula is C9H8F2OS. The van der Waals surface area contributed by atoms with Crippen LogP contribution in [0.1, 0.15) is 12.0 Å². The average Bonchev–Trinajstić information content (AvgIpc) is 2.12. The largest absolute Gasteiger partial charge is 0.480 e. The van der Waals surface area contributed by atoms with E-state index in [1.54, 1.807) is 0 Å². The maximum Gasteiger partial charge on any atom is 0.165 e. The maximum absolute atomic E-state index is 13.1. The molecule has 13 heavy (non-hydrogen) atoms. The molecule has 0 bridgehead atoms. The van der Waals surface area contributed by atoms with Gasteiger partial charge in [0.15, 0.2) is 11.6 Å². The van der Waals surface area contributed by atoms with Crippen molar-refractivity contribution in [2.75, 3.05) is 0 Å². The van der Waals surface area contributed by atoms with Crippen LogP contribution in [0.4, 0.5) is 8.78 Å². The minimum Gasteiger partial charge on any atom is -0.480 e. The van der Waals surface area contributed by atoms with E-state index >= 15 is 0 Å². The standard InChI is InChI=1S/C9H8F2OS/c10-6-2-3-7-5(9(6)11)1-4-8(13)12-7/h2-3,8,13H,1,4H2/t8-/m1/s1. The average molecular weight is 202 g/mol. The number of ether oxygens (including phenoxy) is 1. The lowest BCUT2D eigenvalue weighted by atomic mass is 10.1. The Labute approximate surface area is 80.1 Å². The number of hydrogen-bond donors (Lipinski definition) is 1. The van der Waals surface area contributed by atoms with Crippen molar-refractivity contribution in [3.8, 4) is 5.75 Å². The Bertz CT molecular complexity index is 341. The number of thiol groups is 1. The third-order valence-corrected chi connectivity index (χ3v) is 2.42. The smallest absolute Gasteiger partial charge is 0.165 e. The van der Waals surface area contributed by atoms with Crippen LogP contribution in [0, 0.1) is 11.6 Å². The number of rotatable bonds is 0. The summed E-state index contributed by atoms with van der Waals surface area (Å²) in [6, 6.07) is 2.51. The van der Waals surface area contributed by atoms with Crippen molar-refractivity contribution in [1.29, 1.82) is 0 Å². The first-order valence-corrected chi connectivity index (χ1v) is 4.51. The van der Waals surface area contributed by atoms with Crippen molar-refractivity contribution in [3.05, 3.63) is 29.3 Å². The summed E-state index contributed by atoms with van der Waals surface area (Å²) in [4.78, 5) is 0. The third kappa shape index (κ3) is 1.50. The summed E-state index contributed by atoms with van der Waals surface area (Å²) in [5.41, 5.74) is 0.114. The number of halogens is 2. The van der Waals surface area contributed by atoms with Crippen molar-refractivity contribution in [3.63, 3.8) is 0 Å². The molecule has 1 heterocycles. The zero-order valence-electron chi connectivity index (χ0n) is 6.76. The van der Waals surface area contributed by atoms with E-state index in [0.29, 0.717) is 24.2 Å². The fourth-order valence-corrected chi connectivity index (χ4v) is 1.63. The molecule has 1 aromatic carbocycles. The molecule has 0 N–H and O–H groups in total. The molecule has 0 saturated heterocycles. The second-order valence-electron chi connectivity index (χ2n) is 2.95. The molecule has 1 aromatic rings. The highest BCUT2D eigenvalue weighted by atomic mass is 32.1. The van der Waals surface area contributed by atoms with Crippen molar-refractivity contribution in [1.82, 2.24) is 0 Å². The summed E-state index contributed by atoms with van der Waals surface area (Å²) in [6.07, 6.45) is 1.09. The van der Waals surface area contributed by atoms with Gasteiger partial charge in [-0.15, -0.1) is 12.6 Å². The van der Waals surface area contributed by atoms with E-state index < -0.39 is 11.6 Å². The lowest BCUT2D eigenvalue weighted by molar-refractivity contribution is 0.252. The van der Waals surface area contributed by atoms with Crippen LogP contribution in [0.25, 0.3) is 0 Å². The van der Waals surface area contributed by atoms with E-state index in [-0.39, 0.29) is 5.44 Å². The molecule has 1 aliphatic rings. The molecule has 0 amide bonds. The Morgan fingerprint density at radius 2 is 2.15 bits per heavy atom. The lowest BCUT2D eigenvalue weighted by Gasteiger charge is -2.22. The minimum atomic E-state index is -0.819. The molecule has 0 aromatic heterocycles. The summed E-state index contributed by atoms with van der Waals surface area (Å²) in [5, 5.41) is 0. The van der Waals surface area contributed by atoms with E-state index in [1.165, 1.54) is 6.07 Å². The van der Waals surface area contributed by atoms with Gasteiger partial charge in [0.05, 0.1) is 0 Å². The van der Waals surface area contributed by atoms with Gasteiger partial charge in [-0.2, -0.15) is 0 Å². The van der Waals surface area contributed by atoms with Crippen molar-refractivity contribution in [2.45, 2.75) is 18.3 Å². The highest BCUT2D eigenvalue weighted by molar-refractivity contribution is 7.80. The van der Waals surface area contributed by atoms with Gasteiger partial charge < -0.3 is 4.74 Å². The first kappa shape index (κ1) is 8.81. The van der Waals surface area contributed by atoms with E-state index in [4.69, 9.17) is 4.74 Å². The normalized spacial score (nSPS) is 20.7. The Morgan fingerprint density at radius 1 is 1.38 bits per heavy atom. The lowest BCUT2D eigenvalue weighted by Crippen LogP contribution is -2.18. The van der Waals surface area contributed by atoms with Gasteiger partial charge in [-0.25, -0.2) is 8.78 Å². The van der Waals surface area contributed by atoms with Crippen LogP contribution in [-0.2, 0) is 6.42 Å². The van der Waals surface area contributed by atoms with Crippen LogP contribution < -0.4 is 4.74 Å². The van der Waals surface area contributed by atoms with Gasteiger partial charge in [0.2, 0.25) is 0 Å². The van der Waals surface area contributed by atoms with E-state index in [9.17, 15) is 8.78 Å². The molecule has 0 saturated carbocycles. The number of fused-ring (bicyclic) bond motifs is 1. The summed E-state index contributed by atoms with van der Waals surface area (Å²) in [6.45, 7) is 0. The molecule has 0 unspecified atom stereocenters. The third-order valence-electron chi connectivity index (χ3n) is 2.06. The Hall–Kier alpha value is -0.770. The first-order chi connectivity index (χ1) is 6.18. The summed E-state index contributed by atoms with van der Waals surface area (Å²) in [7, 11) is 0. The molecule has 2 rings (SSSR count). The Balaban J connectivity index is 2.47. The van der Waals surface area contributed by atoms with Crippen molar-refractivity contribution < 1.29 is 13.5 Å². The second-order valence-corrected chi connectivity index (χ2v) is 3.53. The zero-order valence-corrected chi connectivity index (χ0v) is 7.65. The molecule has 1 nitrogen and oxygen atoms in total. The van der Waals surface area contributed by atoms with Crippen LogP contribution in [-0.4, -0.2) is 5.44 Å². The Morgan fingerprint density at radius 3 is 2.92 bits per heavy atom. The fraction of sp³-hybridized carbons (Fsp3) is 0.333. The van der Waals surface area contributed by atoms with Gasteiger partial charge in [-0.05, 0) is 25.0 Å². The van der Waals surface area contributed by atoms with Crippen LogP contribution in [0.3, 0.4) is 0 Å². The van der Waals surface area contributed by atoms with Crippen LogP contribution in [0.2, 0.25) is 0 Å². The van der Waals surface area contributed by atoms with Crippen molar-refractivity contribution >= 4 is 12.6 Å². The number of hydrogen-bond acceptors (Lipinski definition) is 2. The molecule has 0 fully saturated rings. The molecule has 1 atom stereocenters. The molecule has 4 heteroatoms. The molecule has 0 radical (unpaired) electrons. The van der Waals surface area contributed by atoms with Gasteiger partial charge in [-0.3, -0.25) is 0 Å². The van der Waals surface area contributed by atoms with Gasteiger partial charge in [0.1, 0.15) is 11.2 Å². The molecule has 1 aliphatic heterocycles. The SMILES string of the molecule is Fc1ccc2c(c1F)CC[C@@H](S)O2. The monoisotopic (exact) mass is 202 g/mol. The Kier molecular flexibility index (Phi) is 2.15. The van der Waals surface area contributed by atoms with Gasteiger partial charge >= 0.3 is 0 Å². The molecule has 70 valence electrons. The maximum atomic E-state index is 13.1. The highest BCUT2D eigenvalue weighted by Gasteiger charge is 2.21. The topological polar surface area (TPSA) is 9.23 Å². The number of benzene rings is 1.